The van der Waals surface area contributed by atoms with Crippen LogP contribution >= 0.6 is 0 Å². The molecule has 12 heteroatoms. The van der Waals surface area contributed by atoms with Gasteiger partial charge in [-0.3, -0.25) is 4.79 Å². The van der Waals surface area contributed by atoms with E-state index < -0.39 is 18.2 Å². The summed E-state index contributed by atoms with van der Waals surface area (Å²) in [5.41, 5.74) is 2.36. The Bertz CT molecular complexity index is 1700. The third-order valence-corrected chi connectivity index (χ3v) is 8.03. The second-order valence-corrected chi connectivity index (χ2v) is 11.4. The highest BCUT2D eigenvalue weighted by Crippen LogP contribution is 2.31. The molecule has 1 aromatic heterocycles. The predicted octanol–water partition coefficient (Wildman–Crippen LogP) is 5.47. The van der Waals surface area contributed by atoms with Gasteiger partial charge in [0.1, 0.15) is 23.2 Å². The Morgan fingerprint density at radius 1 is 1.09 bits per heavy atom. The van der Waals surface area contributed by atoms with E-state index in [1.54, 1.807) is 50.9 Å². The number of carbonyl (C=O) groups is 3. The van der Waals surface area contributed by atoms with Gasteiger partial charge in [0, 0.05) is 30.6 Å². The zero-order valence-corrected chi connectivity index (χ0v) is 26.0. The fourth-order valence-corrected chi connectivity index (χ4v) is 5.35. The van der Waals surface area contributed by atoms with E-state index >= 15 is 0 Å². The van der Waals surface area contributed by atoms with Crippen LogP contribution in [-0.2, 0) is 0 Å². The number of urea groups is 2. The molecule has 0 bridgehead atoms. The molecule has 5 rings (SSSR count). The Hall–Kier alpha value is -5.10. The number of nitrogens with one attached hydrogen (secondary N) is 3. The minimum absolute atomic E-state index is 0.199. The molecule has 0 saturated carbocycles. The molecule has 1 aliphatic rings. The molecule has 2 heterocycles. The van der Waals surface area contributed by atoms with Crippen molar-refractivity contribution < 1.29 is 28.8 Å². The van der Waals surface area contributed by atoms with E-state index in [0.29, 0.717) is 34.3 Å². The minimum atomic E-state index is -0.501. The van der Waals surface area contributed by atoms with Crippen molar-refractivity contribution in [1.82, 2.24) is 15.0 Å². The lowest BCUT2D eigenvalue weighted by Crippen LogP contribution is -2.50. The number of aliphatic hydroxyl groups is 1. The number of amides is 5. The van der Waals surface area contributed by atoms with Gasteiger partial charge >= 0.3 is 12.1 Å². The summed E-state index contributed by atoms with van der Waals surface area (Å²) in [7, 11) is 1.66. The summed E-state index contributed by atoms with van der Waals surface area (Å²) in [6.45, 7) is 7.43. The SMILES string of the molecule is Cc1noc(C)c1NC(=O)N(C)C[C@@H]1Oc2ccc(NC(=O)Nc3cccc4ccccc34)cc2C(=O)N([C@@H](C)CO)C[C@@H]1C. The van der Waals surface area contributed by atoms with Crippen LogP contribution in [0.15, 0.2) is 65.2 Å². The molecule has 0 unspecified atom stereocenters. The number of aryl methyl sites for hydroxylation is 2. The van der Waals surface area contributed by atoms with E-state index in [9.17, 15) is 19.5 Å². The van der Waals surface area contributed by atoms with Crippen LogP contribution in [0.4, 0.5) is 26.7 Å². The number of hydrogen-bond donors (Lipinski definition) is 4. The monoisotopic (exact) mass is 614 g/mol. The largest absolute Gasteiger partial charge is 0.487 e. The molecule has 4 N–H and O–H groups in total. The molecule has 12 nitrogen and oxygen atoms in total. The number of anilines is 3. The number of nitrogens with zero attached hydrogens (tertiary/aromatic N) is 3. The van der Waals surface area contributed by atoms with E-state index in [0.717, 1.165) is 10.8 Å². The Morgan fingerprint density at radius 3 is 2.58 bits per heavy atom. The van der Waals surface area contributed by atoms with E-state index in [4.69, 9.17) is 9.26 Å². The molecule has 1 aliphatic heterocycles. The first kappa shape index (κ1) is 31.3. The summed E-state index contributed by atoms with van der Waals surface area (Å²) in [5.74, 6) is 0.279. The molecular formula is C33H38N6O6. The van der Waals surface area contributed by atoms with E-state index in [-0.39, 0.29) is 43.1 Å². The fourth-order valence-electron chi connectivity index (χ4n) is 5.35. The highest BCUT2D eigenvalue weighted by atomic mass is 16.5. The number of likely N-dealkylation sites (N-methyl/N-ethyl adjacent to an activating group) is 1. The van der Waals surface area contributed by atoms with Gasteiger partial charge in [0.15, 0.2) is 5.76 Å². The smallest absolute Gasteiger partial charge is 0.323 e. The first-order chi connectivity index (χ1) is 21.5. The molecule has 3 aromatic carbocycles. The van der Waals surface area contributed by atoms with Crippen molar-refractivity contribution in [3.05, 3.63) is 77.7 Å². The van der Waals surface area contributed by atoms with Crippen LogP contribution in [0.5, 0.6) is 5.75 Å². The molecule has 5 amide bonds. The number of aliphatic hydroxyl groups excluding tert-OH is 1. The maximum atomic E-state index is 13.8. The van der Waals surface area contributed by atoms with E-state index in [1.807, 2.05) is 49.4 Å². The minimum Gasteiger partial charge on any atom is -0.487 e. The third-order valence-electron chi connectivity index (χ3n) is 8.03. The van der Waals surface area contributed by atoms with E-state index in [2.05, 4.69) is 21.1 Å². The number of carbonyl (C=O) groups excluding carboxylic acids is 3. The summed E-state index contributed by atoms with van der Waals surface area (Å²) < 4.78 is 11.5. The Kier molecular flexibility index (Phi) is 9.24. The van der Waals surface area contributed by atoms with Gasteiger partial charge in [0.05, 0.1) is 30.4 Å². The lowest BCUT2D eigenvalue weighted by atomic mass is 9.99. The summed E-state index contributed by atoms with van der Waals surface area (Å²) in [4.78, 5) is 43.0. The summed E-state index contributed by atoms with van der Waals surface area (Å²) in [6, 6.07) is 16.9. The van der Waals surface area contributed by atoms with Gasteiger partial charge in [-0.25, -0.2) is 9.59 Å². The van der Waals surface area contributed by atoms with Crippen LogP contribution in [0.1, 0.15) is 35.7 Å². The number of fused-ring (bicyclic) bond motifs is 2. The number of aromatic nitrogens is 1. The summed E-state index contributed by atoms with van der Waals surface area (Å²) >= 11 is 0. The highest BCUT2D eigenvalue weighted by molar-refractivity contribution is 6.07. The molecule has 0 fully saturated rings. The van der Waals surface area contributed by atoms with Gasteiger partial charge in [-0.2, -0.15) is 0 Å². The lowest BCUT2D eigenvalue weighted by molar-refractivity contribution is 0.0371. The van der Waals surface area contributed by atoms with Gasteiger partial charge in [-0.05, 0) is 50.4 Å². The van der Waals surface area contributed by atoms with Crippen molar-refractivity contribution in [3.63, 3.8) is 0 Å². The normalized spacial score (nSPS) is 17.0. The van der Waals surface area contributed by atoms with Gasteiger partial charge in [-0.15, -0.1) is 0 Å². The molecule has 0 aliphatic carbocycles. The van der Waals surface area contributed by atoms with Gasteiger partial charge in [0.2, 0.25) is 0 Å². The number of hydrogen-bond acceptors (Lipinski definition) is 7. The highest BCUT2D eigenvalue weighted by Gasteiger charge is 2.34. The van der Waals surface area contributed by atoms with Gasteiger partial charge in [0.25, 0.3) is 5.91 Å². The fraction of sp³-hybridized carbons (Fsp3) is 0.333. The average molecular weight is 615 g/mol. The Balaban J connectivity index is 1.37. The van der Waals surface area contributed by atoms with E-state index in [1.165, 1.54) is 4.90 Å². The predicted molar refractivity (Wildman–Crippen MR) is 172 cm³/mol. The third kappa shape index (κ3) is 6.86. The van der Waals surface area contributed by atoms with Gasteiger partial charge in [-0.1, -0.05) is 48.5 Å². The summed E-state index contributed by atoms with van der Waals surface area (Å²) in [6.07, 6.45) is -0.501. The van der Waals surface area contributed by atoms with Crippen LogP contribution in [0, 0.1) is 19.8 Å². The Labute approximate surface area is 261 Å². The van der Waals surface area contributed by atoms with Crippen LogP contribution in [-0.4, -0.2) is 76.9 Å². The number of rotatable bonds is 7. The average Bonchev–Trinajstić information content (AvgIpc) is 3.34. The molecule has 0 spiro atoms. The molecule has 45 heavy (non-hydrogen) atoms. The van der Waals surface area contributed by atoms with Crippen LogP contribution in [0.2, 0.25) is 0 Å². The molecular weight excluding hydrogens is 576 g/mol. The maximum absolute atomic E-state index is 13.8. The first-order valence-corrected chi connectivity index (χ1v) is 14.8. The summed E-state index contributed by atoms with van der Waals surface area (Å²) in [5, 5.41) is 24.3. The van der Waals surface area contributed by atoms with Crippen molar-refractivity contribution in [2.75, 3.05) is 42.7 Å². The molecule has 236 valence electrons. The standard InChI is InChI=1S/C33H38N6O6/c1-19-16-39(20(2)18-40)31(41)26-15-24(34-32(42)35-27-12-8-10-23-9-6-7-11-25(23)27)13-14-28(26)44-29(19)17-38(5)33(43)36-30-21(3)37-45-22(30)4/h6-15,19-20,29,40H,16-18H2,1-5H3,(H,36,43)(H2,34,35,42)/t19-,20-,29-/m0/s1. The Morgan fingerprint density at radius 2 is 1.84 bits per heavy atom. The molecule has 0 saturated heterocycles. The van der Waals surface area contributed by atoms with Crippen molar-refractivity contribution in [2.24, 2.45) is 5.92 Å². The first-order valence-electron chi connectivity index (χ1n) is 14.8. The zero-order valence-electron chi connectivity index (χ0n) is 26.0. The van der Waals surface area contributed by atoms with Crippen LogP contribution < -0.4 is 20.7 Å². The molecule has 0 radical (unpaired) electrons. The number of benzene rings is 3. The van der Waals surface area contributed by atoms with Gasteiger partial charge < -0.3 is 40.1 Å². The zero-order chi connectivity index (χ0) is 32.2. The molecule has 3 atom stereocenters. The second kappa shape index (κ2) is 13.3. The maximum Gasteiger partial charge on any atom is 0.323 e. The van der Waals surface area contributed by atoms with Crippen molar-refractivity contribution >= 4 is 45.8 Å². The lowest BCUT2D eigenvalue weighted by Gasteiger charge is -2.38. The topological polar surface area (TPSA) is 149 Å². The van der Waals surface area contributed by atoms with Crippen molar-refractivity contribution in [1.29, 1.82) is 0 Å². The van der Waals surface area contributed by atoms with Crippen LogP contribution in [0.25, 0.3) is 10.8 Å². The molecule has 4 aromatic rings. The van der Waals surface area contributed by atoms with Crippen molar-refractivity contribution in [2.45, 2.75) is 39.8 Å². The van der Waals surface area contributed by atoms with Crippen molar-refractivity contribution in [3.8, 4) is 5.75 Å². The van der Waals surface area contributed by atoms with Crippen LogP contribution in [0.3, 0.4) is 0 Å². The number of ether oxygens (including phenoxy) is 1. The quantitative estimate of drug-likeness (QED) is 0.216. The second-order valence-electron chi connectivity index (χ2n) is 11.4.